The van der Waals surface area contributed by atoms with Crippen molar-refractivity contribution >= 4 is 40.6 Å². The number of thioether (sulfide) groups is 1. The van der Waals surface area contributed by atoms with Crippen LogP contribution in [0.5, 0.6) is 5.75 Å². The van der Waals surface area contributed by atoms with Gasteiger partial charge in [0.2, 0.25) is 0 Å². The Kier molecular flexibility index (Phi) is 8.03. The normalized spacial score (nSPS) is 14.8. The van der Waals surface area contributed by atoms with E-state index < -0.39 is 0 Å². The van der Waals surface area contributed by atoms with Gasteiger partial charge in [-0.3, -0.25) is 9.59 Å². The fourth-order valence-electron chi connectivity index (χ4n) is 4.18. The van der Waals surface area contributed by atoms with Crippen LogP contribution in [0.2, 0.25) is 0 Å². The van der Waals surface area contributed by atoms with Gasteiger partial charge in [-0.1, -0.05) is 42.1 Å². The molecule has 5 rings (SSSR count). The van der Waals surface area contributed by atoms with Gasteiger partial charge in [-0.15, -0.1) is 21.5 Å². The smallest absolute Gasteiger partial charge is 0.255 e. The predicted molar refractivity (Wildman–Crippen MR) is 147 cm³/mol. The molecule has 2 amide bonds. The molecule has 0 radical (unpaired) electrons. The van der Waals surface area contributed by atoms with Gasteiger partial charge in [0.15, 0.2) is 11.0 Å². The third-order valence-electron chi connectivity index (χ3n) is 6.23. The molecule has 0 saturated heterocycles. The first-order valence-corrected chi connectivity index (χ1v) is 13.9. The highest BCUT2D eigenvalue weighted by molar-refractivity contribution is 7.99. The van der Waals surface area contributed by atoms with E-state index in [0.717, 1.165) is 16.2 Å². The maximum absolute atomic E-state index is 13.5. The van der Waals surface area contributed by atoms with Gasteiger partial charge in [0.1, 0.15) is 11.6 Å². The van der Waals surface area contributed by atoms with Crippen LogP contribution < -0.4 is 10.1 Å². The van der Waals surface area contributed by atoms with Crippen molar-refractivity contribution in [3.05, 3.63) is 93.7 Å². The number of benzene rings is 2. The molecule has 0 saturated carbocycles. The molecule has 1 atom stereocenters. The summed E-state index contributed by atoms with van der Waals surface area (Å²) < 4.78 is 20.5. The van der Waals surface area contributed by atoms with E-state index in [1.807, 2.05) is 17.5 Å². The van der Waals surface area contributed by atoms with Crippen LogP contribution >= 0.6 is 23.1 Å². The van der Waals surface area contributed by atoms with Crippen molar-refractivity contribution in [1.29, 1.82) is 0 Å². The van der Waals surface area contributed by atoms with Gasteiger partial charge in [-0.05, 0) is 41.3 Å². The maximum atomic E-state index is 13.5. The number of rotatable bonds is 9. The second-order valence-corrected chi connectivity index (χ2v) is 10.6. The SMILES string of the molecule is COc1ccccc1C(=O)NCc1nnc(SCC(=O)N2N=C(c3cccs3)CC2c2ccc(F)cc2)n1C. The van der Waals surface area contributed by atoms with Crippen LogP contribution in [0.4, 0.5) is 4.39 Å². The number of ether oxygens (including phenoxy) is 1. The monoisotopic (exact) mass is 564 g/mol. The van der Waals surface area contributed by atoms with Crippen LogP contribution in [-0.4, -0.2) is 50.2 Å². The number of nitrogens with one attached hydrogen (secondary N) is 1. The summed E-state index contributed by atoms with van der Waals surface area (Å²) in [4.78, 5) is 27.0. The zero-order chi connectivity index (χ0) is 27.4. The summed E-state index contributed by atoms with van der Waals surface area (Å²) in [5.74, 6) is 0.278. The number of carbonyl (C=O) groups excluding carboxylic acids is 2. The second-order valence-electron chi connectivity index (χ2n) is 8.66. The second kappa shape index (κ2) is 11.8. The van der Waals surface area contributed by atoms with Gasteiger partial charge in [0, 0.05) is 13.5 Å². The van der Waals surface area contributed by atoms with Gasteiger partial charge in [0.25, 0.3) is 11.8 Å². The van der Waals surface area contributed by atoms with E-state index >= 15 is 0 Å². The van der Waals surface area contributed by atoms with Crippen molar-refractivity contribution in [2.24, 2.45) is 12.1 Å². The topological polar surface area (TPSA) is 102 Å². The third kappa shape index (κ3) is 5.86. The minimum atomic E-state index is -0.332. The molecular formula is C27H25FN6O3S2. The Bertz CT molecular complexity index is 1500. The Balaban J connectivity index is 1.25. The summed E-state index contributed by atoms with van der Waals surface area (Å²) in [6, 6.07) is 16.7. The first-order valence-electron chi connectivity index (χ1n) is 12.1. The highest BCUT2D eigenvalue weighted by Crippen LogP contribution is 2.34. The van der Waals surface area contributed by atoms with E-state index in [0.29, 0.717) is 28.7 Å². The average molecular weight is 565 g/mol. The van der Waals surface area contributed by atoms with Crippen LogP contribution in [-0.2, 0) is 18.4 Å². The molecule has 1 aliphatic rings. The number of hydrazone groups is 1. The highest BCUT2D eigenvalue weighted by Gasteiger charge is 2.33. The number of halogens is 1. The quantitative estimate of drug-likeness (QED) is 0.302. The number of amides is 2. The predicted octanol–water partition coefficient (Wildman–Crippen LogP) is 4.42. The first kappa shape index (κ1) is 26.6. The van der Waals surface area contributed by atoms with Crippen LogP contribution in [0.15, 0.2) is 76.3 Å². The molecule has 1 N–H and O–H groups in total. The molecule has 39 heavy (non-hydrogen) atoms. The lowest BCUT2D eigenvalue weighted by atomic mass is 10.0. The van der Waals surface area contributed by atoms with Gasteiger partial charge >= 0.3 is 0 Å². The average Bonchev–Trinajstić information content (AvgIpc) is 3.71. The lowest BCUT2D eigenvalue weighted by Crippen LogP contribution is -2.28. The van der Waals surface area contributed by atoms with Crippen LogP contribution in [0.25, 0.3) is 0 Å². The number of hydrogen-bond acceptors (Lipinski definition) is 8. The zero-order valence-electron chi connectivity index (χ0n) is 21.2. The number of thiophene rings is 1. The molecule has 12 heteroatoms. The standard InChI is InChI=1S/C27H25FN6O3S2/c1-33-24(15-29-26(36)19-6-3-4-7-22(19)37-2)30-31-27(33)39-16-25(35)34-21(17-9-11-18(28)12-10-17)14-20(32-34)23-8-5-13-38-23/h3-13,21H,14-16H2,1-2H3,(H,29,36). The van der Waals surface area contributed by atoms with Crippen molar-refractivity contribution in [2.45, 2.75) is 24.2 Å². The molecule has 4 aromatic rings. The van der Waals surface area contributed by atoms with E-state index in [1.54, 1.807) is 59.3 Å². The Labute approximate surface area is 232 Å². The number of nitrogens with zero attached hydrogens (tertiary/aromatic N) is 5. The summed E-state index contributed by atoms with van der Waals surface area (Å²) in [6.45, 7) is 0.155. The molecule has 1 aliphatic heterocycles. The number of para-hydroxylation sites is 1. The van der Waals surface area contributed by atoms with E-state index in [4.69, 9.17) is 4.74 Å². The Morgan fingerprint density at radius 1 is 1.13 bits per heavy atom. The maximum Gasteiger partial charge on any atom is 0.255 e. The Hall–Kier alpha value is -4.03. The minimum Gasteiger partial charge on any atom is -0.496 e. The van der Waals surface area contributed by atoms with E-state index in [2.05, 4.69) is 20.6 Å². The summed E-state index contributed by atoms with van der Waals surface area (Å²) >= 11 is 2.80. The Morgan fingerprint density at radius 3 is 2.67 bits per heavy atom. The van der Waals surface area contributed by atoms with Gasteiger partial charge in [0.05, 0.1) is 41.6 Å². The number of methoxy groups -OCH3 is 1. The van der Waals surface area contributed by atoms with Crippen molar-refractivity contribution in [1.82, 2.24) is 25.1 Å². The summed E-state index contributed by atoms with van der Waals surface area (Å²) in [7, 11) is 3.29. The zero-order valence-corrected chi connectivity index (χ0v) is 22.8. The molecule has 2 aromatic carbocycles. The molecule has 0 spiro atoms. The fourth-order valence-corrected chi connectivity index (χ4v) is 5.68. The number of aromatic nitrogens is 3. The molecule has 200 valence electrons. The van der Waals surface area contributed by atoms with E-state index in [1.165, 1.54) is 36.0 Å². The molecule has 0 bridgehead atoms. The Morgan fingerprint density at radius 2 is 1.92 bits per heavy atom. The van der Waals surface area contributed by atoms with Gasteiger partial charge in [-0.25, -0.2) is 9.40 Å². The summed E-state index contributed by atoms with van der Waals surface area (Å²) in [5.41, 5.74) is 2.06. The summed E-state index contributed by atoms with van der Waals surface area (Å²) in [6.07, 6.45) is 0.544. The third-order valence-corrected chi connectivity index (χ3v) is 8.16. The molecule has 2 aromatic heterocycles. The first-order chi connectivity index (χ1) is 18.9. The number of carbonyl (C=O) groups is 2. The lowest BCUT2D eigenvalue weighted by molar-refractivity contribution is -0.130. The van der Waals surface area contributed by atoms with Crippen molar-refractivity contribution in [2.75, 3.05) is 12.9 Å². The van der Waals surface area contributed by atoms with Crippen LogP contribution in [0.3, 0.4) is 0 Å². The fraction of sp³-hybridized carbons (Fsp3) is 0.222. The molecule has 0 aliphatic carbocycles. The van der Waals surface area contributed by atoms with Crippen molar-refractivity contribution in [3.63, 3.8) is 0 Å². The lowest BCUT2D eigenvalue weighted by Gasteiger charge is -2.21. The molecule has 0 fully saturated rings. The minimum absolute atomic E-state index is 0.0818. The van der Waals surface area contributed by atoms with Crippen molar-refractivity contribution < 1.29 is 18.7 Å². The van der Waals surface area contributed by atoms with Gasteiger partial charge < -0.3 is 14.6 Å². The largest absolute Gasteiger partial charge is 0.496 e. The highest BCUT2D eigenvalue weighted by atomic mass is 32.2. The summed E-state index contributed by atoms with van der Waals surface area (Å²) in [5, 5.41) is 19.8. The van der Waals surface area contributed by atoms with E-state index in [9.17, 15) is 14.0 Å². The molecule has 1 unspecified atom stereocenters. The van der Waals surface area contributed by atoms with Crippen LogP contribution in [0, 0.1) is 5.82 Å². The van der Waals surface area contributed by atoms with E-state index in [-0.39, 0.29) is 36.0 Å². The number of hydrogen-bond donors (Lipinski definition) is 1. The van der Waals surface area contributed by atoms with Crippen LogP contribution in [0.1, 0.15) is 39.1 Å². The molecule has 9 nitrogen and oxygen atoms in total. The van der Waals surface area contributed by atoms with Gasteiger partial charge in [-0.2, -0.15) is 5.10 Å². The molecular weight excluding hydrogens is 539 g/mol. The molecule has 3 heterocycles. The van der Waals surface area contributed by atoms with Crippen molar-refractivity contribution in [3.8, 4) is 5.75 Å².